The zero-order valence-corrected chi connectivity index (χ0v) is 18.5. The van der Waals surface area contributed by atoms with Crippen molar-refractivity contribution in [2.75, 3.05) is 34.3 Å². The summed E-state index contributed by atoms with van der Waals surface area (Å²) in [5, 5.41) is 10.6. The summed E-state index contributed by atoms with van der Waals surface area (Å²) in [6.07, 6.45) is -4.72. The van der Waals surface area contributed by atoms with E-state index in [-0.39, 0.29) is 18.1 Å². The summed E-state index contributed by atoms with van der Waals surface area (Å²) in [4.78, 5) is 13.1. The van der Waals surface area contributed by atoms with Crippen LogP contribution in [0, 0.1) is 0 Å². The van der Waals surface area contributed by atoms with Gasteiger partial charge >= 0.3 is 12.3 Å². The number of esters is 1. The lowest BCUT2D eigenvalue weighted by Crippen LogP contribution is -2.38. The number of benzene rings is 2. The molecule has 1 heterocycles. The molecule has 0 bridgehead atoms. The molecule has 0 aliphatic rings. The molecule has 1 aromatic heterocycles. The van der Waals surface area contributed by atoms with Crippen molar-refractivity contribution < 1.29 is 31.9 Å². The smallest absolute Gasteiger partial charge is 0.455 e. The second-order valence-corrected chi connectivity index (χ2v) is 8.90. The molecule has 0 unspecified atom stereocenters. The van der Waals surface area contributed by atoms with Crippen LogP contribution in [0.25, 0.3) is 11.1 Å². The average molecular weight is 467 g/mol. The van der Waals surface area contributed by atoms with Crippen LogP contribution in [0.4, 0.5) is 13.2 Å². The van der Waals surface area contributed by atoms with Gasteiger partial charge in [0, 0.05) is 4.90 Å². The van der Waals surface area contributed by atoms with Gasteiger partial charge in [0.1, 0.15) is 18.9 Å². The van der Waals surface area contributed by atoms with E-state index in [9.17, 15) is 18.0 Å². The van der Waals surface area contributed by atoms with E-state index in [1.54, 1.807) is 12.1 Å². The van der Waals surface area contributed by atoms with E-state index >= 15 is 0 Å². The van der Waals surface area contributed by atoms with Gasteiger partial charge in [0.05, 0.1) is 21.1 Å². The SMILES string of the molecule is C[N+](C)(C)CCOC(=O)c1[nH]nnc1Sc1ccc(-c2ccc(OC(F)(F)F)cc2)cc1. The van der Waals surface area contributed by atoms with Crippen LogP contribution in [-0.2, 0) is 4.74 Å². The van der Waals surface area contributed by atoms with Gasteiger partial charge in [-0.3, -0.25) is 5.10 Å². The van der Waals surface area contributed by atoms with E-state index in [1.165, 1.54) is 23.9 Å². The highest BCUT2D eigenvalue weighted by molar-refractivity contribution is 7.99. The first-order chi connectivity index (χ1) is 15.0. The molecular weight excluding hydrogens is 445 g/mol. The van der Waals surface area contributed by atoms with Gasteiger partial charge < -0.3 is 14.0 Å². The van der Waals surface area contributed by atoms with Crippen molar-refractivity contribution in [2.45, 2.75) is 16.3 Å². The normalized spacial score (nSPS) is 11.9. The third-order valence-electron chi connectivity index (χ3n) is 4.21. The summed E-state index contributed by atoms with van der Waals surface area (Å²) >= 11 is 1.25. The van der Waals surface area contributed by atoms with Crippen LogP contribution in [0.5, 0.6) is 5.75 Å². The zero-order valence-electron chi connectivity index (χ0n) is 17.6. The molecule has 0 atom stereocenters. The van der Waals surface area contributed by atoms with Crippen LogP contribution in [0.3, 0.4) is 0 Å². The summed E-state index contributed by atoms with van der Waals surface area (Å²) in [5.41, 5.74) is 1.73. The lowest BCUT2D eigenvalue weighted by atomic mass is 10.1. The summed E-state index contributed by atoms with van der Waals surface area (Å²) in [6, 6.07) is 12.9. The molecule has 0 amide bonds. The van der Waals surface area contributed by atoms with E-state index in [1.807, 2.05) is 45.4 Å². The Hall–Kier alpha value is -3.05. The Morgan fingerprint density at radius 1 is 1.03 bits per heavy atom. The molecule has 11 heteroatoms. The van der Waals surface area contributed by atoms with Crippen LogP contribution >= 0.6 is 11.8 Å². The first-order valence-electron chi connectivity index (χ1n) is 9.53. The standard InChI is InChI=1S/C21H21F3N4O3S/c1-28(2,3)12-13-30-20(29)18-19(26-27-25-18)32-17-10-6-15(7-11-17)14-4-8-16(9-5-14)31-21(22,23)24/h4-11H,12-13H2,1-3H3/p+1. The number of carbonyl (C=O) groups excluding carboxylic acids is 1. The molecule has 0 saturated carbocycles. The summed E-state index contributed by atoms with van der Waals surface area (Å²) < 4.78 is 46.7. The number of carbonyl (C=O) groups is 1. The Bertz CT molecular complexity index is 1050. The zero-order chi connectivity index (χ0) is 23.4. The minimum Gasteiger partial charge on any atom is -0.455 e. The number of hydrogen-bond donors (Lipinski definition) is 1. The maximum Gasteiger partial charge on any atom is 0.573 e. The molecule has 0 aliphatic carbocycles. The Labute approximate surface area is 187 Å². The van der Waals surface area contributed by atoms with Crippen molar-refractivity contribution in [1.82, 2.24) is 15.4 Å². The minimum atomic E-state index is -4.72. The van der Waals surface area contributed by atoms with Crippen molar-refractivity contribution in [3.8, 4) is 16.9 Å². The molecular formula is C21H22F3N4O3S+. The molecule has 0 spiro atoms. The Kier molecular flexibility index (Phi) is 7.09. The van der Waals surface area contributed by atoms with Crippen molar-refractivity contribution in [2.24, 2.45) is 0 Å². The summed E-state index contributed by atoms with van der Waals surface area (Å²) in [6.45, 7) is 0.938. The third kappa shape index (κ3) is 6.99. The highest BCUT2D eigenvalue weighted by atomic mass is 32.2. The largest absolute Gasteiger partial charge is 0.573 e. The van der Waals surface area contributed by atoms with Gasteiger partial charge in [-0.05, 0) is 35.4 Å². The Balaban J connectivity index is 1.63. The van der Waals surface area contributed by atoms with Crippen LogP contribution in [0.2, 0.25) is 0 Å². The Morgan fingerprint density at radius 2 is 1.62 bits per heavy atom. The maximum absolute atomic E-state index is 12.3. The maximum atomic E-state index is 12.3. The molecule has 3 rings (SSSR count). The fourth-order valence-electron chi connectivity index (χ4n) is 2.58. The number of aromatic amines is 1. The number of hydrogen-bond acceptors (Lipinski definition) is 6. The van der Waals surface area contributed by atoms with Gasteiger partial charge in [-0.2, -0.15) is 0 Å². The molecule has 3 aromatic rings. The highest BCUT2D eigenvalue weighted by Gasteiger charge is 2.31. The Morgan fingerprint density at radius 3 is 2.19 bits per heavy atom. The quantitative estimate of drug-likeness (QED) is 0.391. The number of ether oxygens (including phenoxy) is 2. The first-order valence-corrected chi connectivity index (χ1v) is 10.3. The molecule has 0 fully saturated rings. The monoisotopic (exact) mass is 467 g/mol. The highest BCUT2D eigenvalue weighted by Crippen LogP contribution is 2.31. The number of halogens is 3. The van der Waals surface area contributed by atoms with Gasteiger partial charge in [0.15, 0.2) is 10.7 Å². The molecule has 32 heavy (non-hydrogen) atoms. The van der Waals surface area contributed by atoms with Crippen LogP contribution in [0.1, 0.15) is 10.5 Å². The van der Waals surface area contributed by atoms with Gasteiger partial charge in [-0.15, -0.1) is 18.3 Å². The fourth-order valence-corrected chi connectivity index (χ4v) is 3.39. The number of likely N-dealkylation sites (N-methyl/N-ethyl adjacent to an activating group) is 1. The molecule has 7 nitrogen and oxygen atoms in total. The van der Waals surface area contributed by atoms with Crippen LogP contribution < -0.4 is 4.74 Å². The number of H-pyrrole nitrogens is 1. The van der Waals surface area contributed by atoms with E-state index < -0.39 is 12.3 Å². The first kappa shape index (κ1) is 23.6. The van der Waals surface area contributed by atoms with Gasteiger partial charge in [-0.25, -0.2) is 4.79 Å². The van der Waals surface area contributed by atoms with Crippen molar-refractivity contribution >= 4 is 17.7 Å². The minimum absolute atomic E-state index is 0.181. The van der Waals surface area contributed by atoms with E-state index in [2.05, 4.69) is 20.1 Å². The van der Waals surface area contributed by atoms with Crippen molar-refractivity contribution in [3.05, 3.63) is 54.2 Å². The lowest BCUT2D eigenvalue weighted by molar-refractivity contribution is -0.870. The predicted molar refractivity (Wildman–Crippen MR) is 112 cm³/mol. The fraction of sp³-hybridized carbons (Fsp3) is 0.286. The van der Waals surface area contributed by atoms with Crippen molar-refractivity contribution in [1.29, 1.82) is 0 Å². The number of rotatable bonds is 8. The number of nitrogens with zero attached hydrogens (tertiary/aromatic N) is 3. The number of aromatic nitrogens is 3. The number of nitrogens with one attached hydrogen (secondary N) is 1. The van der Waals surface area contributed by atoms with Crippen molar-refractivity contribution in [3.63, 3.8) is 0 Å². The topological polar surface area (TPSA) is 77.1 Å². The van der Waals surface area contributed by atoms with E-state index in [0.717, 1.165) is 16.0 Å². The molecule has 1 N–H and O–H groups in total. The van der Waals surface area contributed by atoms with Gasteiger partial charge in [0.25, 0.3) is 0 Å². The van der Waals surface area contributed by atoms with Gasteiger partial charge in [0.2, 0.25) is 0 Å². The number of alkyl halides is 3. The average Bonchev–Trinajstić information content (AvgIpc) is 3.15. The molecule has 0 saturated heterocycles. The van der Waals surface area contributed by atoms with E-state index in [0.29, 0.717) is 16.1 Å². The van der Waals surface area contributed by atoms with Crippen LogP contribution in [0.15, 0.2) is 58.5 Å². The predicted octanol–water partition coefficient (Wildman–Crippen LogP) is 4.38. The molecule has 2 aromatic carbocycles. The number of quaternary nitrogens is 1. The summed E-state index contributed by atoms with van der Waals surface area (Å²) in [7, 11) is 6.00. The summed E-state index contributed by atoms with van der Waals surface area (Å²) in [5.74, 6) is -0.802. The lowest BCUT2D eigenvalue weighted by Gasteiger charge is -2.23. The van der Waals surface area contributed by atoms with Gasteiger partial charge in [-0.1, -0.05) is 41.2 Å². The van der Waals surface area contributed by atoms with Crippen LogP contribution in [-0.4, -0.2) is 66.5 Å². The molecule has 0 aliphatic heterocycles. The molecule has 170 valence electrons. The molecule has 0 radical (unpaired) electrons. The second kappa shape index (κ2) is 9.61. The third-order valence-corrected chi connectivity index (χ3v) is 5.19. The second-order valence-electron chi connectivity index (χ2n) is 7.84. The van der Waals surface area contributed by atoms with E-state index in [4.69, 9.17) is 4.74 Å².